The van der Waals surface area contributed by atoms with Crippen LogP contribution in [0.4, 0.5) is 18.9 Å². The van der Waals surface area contributed by atoms with Gasteiger partial charge in [0.25, 0.3) is 11.6 Å². The van der Waals surface area contributed by atoms with Crippen LogP contribution in [0.25, 0.3) is 0 Å². The van der Waals surface area contributed by atoms with Gasteiger partial charge in [0.2, 0.25) is 0 Å². The topological polar surface area (TPSA) is 72.7 Å². The van der Waals surface area contributed by atoms with E-state index in [1.807, 2.05) is 0 Å². The third-order valence-corrected chi connectivity index (χ3v) is 4.13. The summed E-state index contributed by atoms with van der Waals surface area (Å²) in [6.45, 7) is 0.189. The second-order valence-corrected chi connectivity index (χ2v) is 6.02. The maximum Gasteiger partial charge on any atom is 0.406 e. The largest absolute Gasteiger partial charge is 0.495 e. The summed E-state index contributed by atoms with van der Waals surface area (Å²) in [6.07, 6.45) is -1.97. The summed E-state index contributed by atoms with van der Waals surface area (Å²) >= 11 is 1.17. The number of benzene rings is 1. The van der Waals surface area contributed by atoms with Crippen LogP contribution in [0, 0.1) is 10.1 Å². The molecule has 0 unspecified atom stereocenters. The molecule has 1 aromatic rings. The Hall–Kier alpha value is -1.97. The molecule has 0 saturated heterocycles. The van der Waals surface area contributed by atoms with E-state index in [-0.39, 0.29) is 17.9 Å². The lowest BCUT2D eigenvalue weighted by Crippen LogP contribution is -2.39. The first-order valence-corrected chi connectivity index (χ1v) is 8.63. The number of ether oxygens (including phenoxy) is 1. The smallest absolute Gasteiger partial charge is 0.406 e. The van der Waals surface area contributed by atoms with E-state index >= 15 is 0 Å². The molecule has 0 saturated carbocycles. The monoisotopic (exact) mass is 380 g/mol. The number of nitro groups is 1. The molecule has 0 fully saturated rings. The second-order valence-electron chi connectivity index (χ2n) is 5.18. The van der Waals surface area contributed by atoms with E-state index in [4.69, 9.17) is 4.74 Å². The minimum Gasteiger partial charge on any atom is -0.495 e. The molecule has 1 rings (SSSR count). The zero-order valence-electron chi connectivity index (χ0n) is 14.1. The zero-order chi connectivity index (χ0) is 19.2. The Labute approximate surface area is 147 Å². The fourth-order valence-corrected chi connectivity index (χ4v) is 2.76. The van der Waals surface area contributed by atoms with E-state index in [9.17, 15) is 28.1 Å². The molecule has 0 atom stereocenters. The van der Waals surface area contributed by atoms with Gasteiger partial charge in [0.05, 0.1) is 23.0 Å². The normalized spacial score (nSPS) is 11.3. The van der Waals surface area contributed by atoms with Crippen LogP contribution < -0.4 is 4.74 Å². The van der Waals surface area contributed by atoms with Gasteiger partial charge in [-0.2, -0.15) is 13.2 Å². The van der Waals surface area contributed by atoms with Crippen LogP contribution in [-0.2, 0) is 0 Å². The Kier molecular flexibility index (Phi) is 7.53. The number of carbonyl (C=O) groups is 1. The lowest BCUT2D eigenvalue weighted by Gasteiger charge is -2.24. The molecule has 10 heteroatoms. The number of carbonyl (C=O) groups excluding carboxylic acids is 1. The van der Waals surface area contributed by atoms with Gasteiger partial charge in [-0.25, -0.2) is 0 Å². The Morgan fingerprint density at radius 2 is 2.04 bits per heavy atom. The predicted octanol–water partition coefficient (Wildman–Crippen LogP) is 4.13. The van der Waals surface area contributed by atoms with Crippen molar-refractivity contribution in [3.8, 4) is 5.75 Å². The molecular weight excluding hydrogens is 361 g/mol. The maximum absolute atomic E-state index is 12.8. The van der Waals surface area contributed by atoms with Crippen molar-refractivity contribution in [3.63, 3.8) is 0 Å². The molecule has 140 valence electrons. The van der Waals surface area contributed by atoms with Crippen molar-refractivity contribution in [3.05, 3.63) is 27.8 Å². The lowest BCUT2D eigenvalue weighted by atomic mass is 10.1. The van der Waals surface area contributed by atoms with Crippen LogP contribution in [0.15, 0.2) is 17.0 Å². The van der Waals surface area contributed by atoms with E-state index in [2.05, 4.69) is 0 Å². The Bertz CT molecular complexity index is 638. The van der Waals surface area contributed by atoms with Crippen molar-refractivity contribution < 1.29 is 27.6 Å². The van der Waals surface area contributed by atoms with Gasteiger partial charge in [-0.1, -0.05) is 13.3 Å². The minimum absolute atomic E-state index is 0.132. The fraction of sp³-hybridized carbons (Fsp3) is 0.533. The van der Waals surface area contributed by atoms with Gasteiger partial charge in [-0.3, -0.25) is 14.9 Å². The Morgan fingerprint density at radius 1 is 1.40 bits per heavy atom. The molecule has 0 aliphatic carbocycles. The Balaban J connectivity index is 3.37. The number of halogens is 3. The number of unbranched alkanes of at least 4 members (excludes halogenated alkanes) is 1. The fourth-order valence-electron chi connectivity index (χ4n) is 2.18. The van der Waals surface area contributed by atoms with Crippen molar-refractivity contribution in [1.82, 2.24) is 4.90 Å². The number of thioether (sulfide) groups is 1. The number of hydrogen-bond acceptors (Lipinski definition) is 5. The number of hydrogen-bond donors (Lipinski definition) is 0. The molecule has 0 heterocycles. The first-order valence-electron chi connectivity index (χ1n) is 7.41. The number of amides is 1. The van der Waals surface area contributed by atoms with Crippen molar-refractivity contribution >= 4 is 23.4 Å². The highest BCUT2D eigenvalue weighted by Crippen LogP contribution is 2.35. The van der Waals surface area contributed by atoms with Crippen LogP contribution in [0.5, 0.6) is 5.75 Å². The maximum atomic E-state index is 12.8. The van der Waals surface area contributed by atoms with Crippen LogP contribution >= 0.6 is 11.8 Å². The SMILES string of the molecule is CCCCN(CC(F)(F)F)C(=O)c1cc(SC)c(OC)cc1[N+](=O)[O-]. The van der Waals surface area contributed by atoms with E-state index in [0.717, 1.165) is 6.07 Å². The van der Waals surface area contributed by atoms with Crippen LogP contribution in [0.2, 0.25) is 0 Å². The highest BCUT2D eigenvalue weighted by molar-refractivity contribution is 7.98. The summed E-state index contributed by atoms with van der Waals surface area (Å²) in [6, 6.07) is 2.27. The molecule has 0 radical (unpaired) electrons. The van der Waals surface area contributed by atoms with Crippen LogP contribution in [0.3, 0.4) is 0 Å². The number of rotatable bonds is 8. The molecule has 0 aromatic heterocycles. The summed E-state index contributed by atoms with van der Waals surface area (Å²) in [5, 5.41) is 11.3. The average Bonchev–Trinajstić information content (AvgIpc) is 2.55. The summed E-state index contributed by atoms with van der Waals surface area (Å²) in [4.78, 5) is 24.1. The molecule has 25 heavy (non-hydrogen) atoms. The molecule has 0 bridgehead atoms. The molecular formula is C15H19F3N2O4S. The van der Waals surface area contributed by atoms with Crippen LogP contribution in [0.1, 0.15) is 30.1 Å². The number of nitro benzene ring substituents is 1. The number of alkyl halides is 3. The summed E-state index contributed by atoms with van der Waals surface area (Å²) in [7, 11) is 1.32. The van der Waals surface area contributed by atoms with Crippen molar-refractivity contribution in [2.24, 2.45) is 0 Å². The highest BCUT2D eigenvalue weighted by Gasteiger charge is 2.35. The van der Waals surface area contributed by atoms with Gasteiger partial charge < -0.3 is 9.64 Å². The van der Waals surface area contributed by atoms with Gasteiger partial charge in [-0.05, 0) is 18.7 Å². The molecule has 0 aliphatic heterocycles. The molecule has 1 aromatic carbocycles. The van der Waals surface area contributed by atoms with E-state index in [0.29, 0.717) is 22.6 Å². The van der Waals surface area contributed by atoms with Crippen molar-refractivity contribution in [2.45, 2.75) is 30.8 Å². The first-order chi connectivity index (χ1) is 11.6. The van der Waals surface area contributed by atoms with Crippen molar-refractivity contribution in [2.75, 3.05) is 26.5 Å². The summed E-state index contributed by atoms with van der Waals surface area (Å²) in [5.74, 6) is -0.831. The van der Waals surface area contributed by atoms with Gasteiger partial charge >= 0.3 is 6.18 Å². The van der Waals surface area contributed by atoms with Crippen molar-refractivity contribution in [1.29, 1.82) is 0 Å². The summed E-state index contributed by atoms with van der Waals surface area (Å²) < 4.78 is 43.4. The number of methoxy groups -OCH3 is 1. The van der Waals surface area contributed by atoms with Gasteiger partial charge in [0, 0.05) is 6.54 Å². The average molecular weight is 380 g/mol. The molecule has 0 aliphatic rings. The number of nitrogens with zero attached hydrogens (tertiary/aromatic N) is 2. The predicted molar refractivity (Wildman–Crippen MR) is 88.3 cm³/mol. The molecule has 0 N–H and O–H groups in total. The highest BCUT2D eigenvalue weighted by atomic mass is 32.2. The third kappa shape index (κ3) is 5.80. The van der Waals surface area contributed by atoms with Gasteiger partial charge in [0.15, 0.2) is 0 Å². The lowest BCUT2D eigenvalue weighted by molar-refractivity contribution is -0.385. The standard InChI is InChI=1S/C15H19F3N2O4S/c1-4-5-6-19(9-15(16,17)18)14(21)10-7-13(25-3)12(24-2)8-11(10)20(22)23/h7-8H,4-6,9H2,1-3H3. The van der Waals surface area contributed by atoms with Crippen LogP contribution in [-0.4, -0.2) is 48.4 Å². The first kappa shape index (κ1) is 21.1. The second kappa shape index (κ2) is 8.93. The van der Waals surface area contributed by atoms with E-state index < -0.39 is 29.2 Å². The minimum atomic E-state index is -4.59. The zero-order valence-corrected chi connectivity index (χ0v) is 14.9. The van der Waals surface area contributed by atoms with Gasteiger partial charge in [-0.15, -0.1) is 11.8 Å². The molecule has 0 spiro atoms. The molecule has 1 amide bonds. The Morgan fingerprint density at radius 3 is 2.48 bits per heavy atom. The quantitative estimate of drug-likeness (QED) is 0.385. The summed E-state index contributed by atoms with van der Waals surface area (Å²) in [5.41, 5.74) is -0.959. The van der Waals surface area contributed by atoms with E-state index in [1.54, 1.807) is 13.2 Å². The molecule has 6 nitrogen and oxygen atoms in total. The third-order valence-electron chi connectivity index (χ3n) is 3.37. The van der Waals surface area contributed by atoms with E-state index in [1.165, 1.54) is 24.9 Å². The van der Waals surface area contributed by atoms with Gasteiger partial charge in [0.1, 0.15) is 17.9 Å².